The average Bonchev–Trinajstić information content (AvgIpc) is 2.60. The van der Waals surface area contributed by atoms with E-state index in [0.29, 0.717) is 11.0 Å². The van der Waals surface area contributed by atoms with E-state index in [4.69, 9.17) is 0 Å². The van der Waals surface area contributed by atoms with Crippen LogP contribution in [0.1, 0.15) is 10.4 Å². The molecule has 4 heteroatoms. The molecule has 0 saturated carbocycles. The van der Waals surface area contributed by atoms with Gasteiger partial charge in [-0.05, 0) is 40.1 Å². The van der Waals surface area contributed by atoms with E-state index in [0.717, 1.165) is 8.96 Å². The minimum Gasteiger partial charge on any atom is -0.298 e. The van der Waals surface area contributed by atoms with Crippen molar-refractivity contribution in [1.29, 1.82) is 0 Å². The molecule has 0 aliphatic rings. The van der Waals surface area contributed by atoms with E-state index in [-0.39, 0.29) is 5.56 Å². The number of halogens is 2. The Balaban J connectivity index is 2.93. The summed E-state index contributed by atoms with van der Waals surface area (Å²) in [5, 5.41) is 2.71. The Kier molecular flexibility index (Phi) is 2.33. The zero-order valence-electron chi connectivity index (χ0n) is 6.38. The molecule has 0 saturated heterocycles. The molecule has 1 heterocycles. The first-order valence-corrected chi connectivity index (χ1v) is 5.50. The van der Waals surface area contributed by atoms with Crippen molar-refractivity contribution >= 4 is 50.3 Å². The zero-order chi connectivity index (χ0) is 9.42. The van der Waals surface area contributed by atoms with Crippen LogP contribution in [0, 0.1) is 9.39 Å². The molecule has 0 unspecified atom stereocenters. The topological polar surface area (TPSA) is 17.1 Å². The summed E-state index contributed by atoms with van der Waals surface area (Å²) in [7, 11) is 0. The van der Waals surface area contributed by atoms with Crippen molar-refractivity contribution in [3.05, 3.63) is 32.5 Å². The molecule has 0 radical (unpaired) electrons. The molecule has 1 nitrogen and oxygen atoms in total. The Hall–Kier alpha value is -0.490. The minimum absolute atomic E-state index is 0.138. The molecule has 0 amide bonds. The van der Waals surface area contributed by atoms with Gasteiger partial charge >= 0.3 is 0 Å². The smallest absolute Gasteiger partial charge is 0.153 e. The summed E-state index contributed by atoms with van der Waals surface area (Å²) in [5.74, 6) is -0.402. The average molecular weight is 306 g/mol. The number of carbonyl (C=O) groups excluding carboxylic acids is 1. The first-order valence-electron chi connectivity index (χ1n) is 3.54. The lowest BCUT2D eigenvalue weighted by atomic mass is 10.2. The number of aldehydes is 1. The molecule has 0 aliphatic carbocycles. The molecular formula is C9H4FIOS. The number of rotatable bonds is 1. The monoisotopic (exact) mass is 306 g/mol. The van der Waals surface area contributed by atoms with Crippen LogP contribution in [-0.4, -0.2) is 6.29 Å². The SMILES string of the molecule is O=Cc1cc(I)c2ccsc2c1F. The van der Waals surface area contributed by atoms with Crippen LogP contribution in [0.4, 0.5) is 4.39 Å². The number of hydrogen-bond acceptors (Lipinski definition) is 2. The fourth-order valence-electron chi connectivity index (χ4n) is 1.16. The summed E-state index contributed by atoms with van der Waals surface area (Å²) in [6, 6.07) is 3.43. The van der Waals surface area contributed by atoms with Crippen molar-refractivity contribution in [2.45, 2.75) is 0 Å². The van der Waals surface area contributed by atoms with Gasteiger partial charge in [-0.3, -0.25) is 4.79 Å². The molecule has 0 atom stereocenters. The highest BCUT2D eigenvalue weighted by Crippen LogP contribution is 2.29. The highest BCUT2D eigenvalue weighted by molar-refractivity contribution is 14.1. The second kappa shape index (κ2) is 3.34. The number of hydrogen-bond donors (Lipinski definition) is 0. The Labute approximate surface area is 91.7 Å². The highest BCUT2D eigenvalue weighted by atomic mass is 127. The standard InChI is InChI=1S/C9H4FIOS/c10-8-5(4-12)3-7(11)6-1-2-13-9(6)8/h1-4H. The van der Waals surface area contributed by atoms with E-state index in [2.05, 4.69) is 22.6 Å². The maximum atomic E-state index is 13.5. The van der Waals surface area contributed by atoms with Gasteiger partial charge in [0.2, 0.25) is 0 Å². The molecule has 0 N–H and O–H groups in total. The summed E-state index contributed by atoms with van der Waals surface area (Å²) in [4.78, 5) is 10.5. The van der Waals surface area contributed by atoms with E-state index in [1.807, 2.05) is 11.4 Å². The van der Waals surface area contributed by atoms with E-state index >= 15 is 0 Å². The Morgan fingerprint density at radius 2 is 2.31 bits per heavy atom. The summed E-state index contributed by atoms with van der Waals surface area (Å²) in [5.41, 5.74) is 0.138. The third kappa shape index (κ3) is 1.38. The van der Waals surface area contributed by atoms with Crippen molar-refractivity contribution in [2.75, 3.05) is 0 Å². The van der Waals surface area contributed by atoms with Gasteiger partial charge in [0.05, 0.1) is 10.3 Å². The van der Waals surface area contributed by atoms with Gasteiger partial charge in [-0.15, -0.1) is 11.3 Å². The highest BCUT2D eigenvalue weighted by Gasteiger charge is 2.10. The number of carbonyl (C=O) groups is 1. The first-order chi connectivity index (χ1) is 6.24. The van der Waals surface area contributed by atoms with Gasteiger partial charge < -0.3 is 0 Å². The van der Waals surface area contributed by atoms with Crippen LogP contribution in [0.25, 0.3) is 10.1 Å². The molecule has 0 bridgehead atoms. The molecule has 1 aromatic heterocycles. The Morgan fingerprint density at radius 3 is 3.00 bits per heavy atom. The third-order valence-electron chi connectivity index (χ3n) is 1.78. The number of fused-ring (bicyclic) bond motifs is 1. The quantitative estimate of drug-likeness (QED) is 0.582. The van der Waals surface area contributed by atoms with Gasteiger partial charge in [-0.2, -0.15) is 0 Å². The molecule has 2 rings (SSSR count). The van der Waals surface area contributed by atoms with Crippen LogP contribution >= 0.6 is 33.9 Å². The Bertz CT molecular complexity index is 478. The fraction of sp³-hybridized carbons (Fsp3) is 0. The number of benzene rings is 1. The van der Waals surface area contributed by atoms with Gasteiger partial charge in [0.1, 0.15) is 0 Å². The summed E-state index contributed by atoms with van der Waals surface area (Å²) in [6.07, 6.45) is 0.552. The second-order valence-electron chi connectivity index (χ2n) is 2.54. The van der Waals surface area contributed by atoms with Gasteiger partial charge in [-0.1, -0.05) is 0 Å². The van der Waals surface area contributed by atoms with Crippen LogP contribution in [0.3, 0.4) is 0 Å². The first kappa shape index (κ1) is 9.08. The van der Waals surface area contributed by atoms with Crippen LogP contribution in [0.15, 0.2) is 17.5 Å². The molecule has 1 aromatic carbocycles. The van der Waals surface area contributed by atoms with Gasteiger partial charge in [-0.25, -0.2) is 4.39 Å². The van der Waals surface area contributed by atoms with Crippen LogP contribution < -0.4 is 0 Å². The largest absolute Gasteiger partial charge is 0.298 e. The maximum Gasteiger partial charge on any atom is 0.153 e. The van der Waals surface area contributed by atoms with Gasteiger partial charge in [0, 0.05) is 8.96 Å². The van der Waals surface area contributed by atoms with E-state index in [9.17, 15) is 9.18 Å². The van der Waals surface area contributed by atoms with Gasteiger partial charge in [0.25, 0.3) is 0 Å². The van der Waals surface area contributed by atoms with E-state index < -0.39 is 5.82 Å². The Morgan fingerprint density at radius 1 is 1.54 bits per heavy atom. The molecule has 66 valence electrons. The zero-order valence-corrected chi connectivity index (χ0v) is 9.36. The molecular weight excluding hydrogens is 302 g/mol. The number of thiophene rings is 1. The molecule has 0 spiro atoms. The second-order valence-corrected chi connectivity index (χ2v) is 4.62. The van der Waals surface area contributed by atoms with Crippen molar-refractivity contribution in [3.8, 4) is 0 Å². The van der Waals surface area contributed by atoms with E-state index in [1.54, 1.807) is 6.07 Å². The van der Waals surface area contributed by atoms with Crippen molar-refractivity contribution in [1.82, 2.24) is 0 Å². The molecule has 13 heavy (non-hydrogen) atoms. The normalized spacial score (nSPS) is 10.6. The third-order valence-corrected chi connectivity index (χ3v) is 3.58. The lowest BCUT2D eigenvalue weighted by Gasteiger charge is -1.98. The molecule has 0 fully saturated rings. The van der Waals surface area contributed by atoms with E-state index in [1.165, 1.54) is 11.3 Å². The summed E-state index contributed by atoms with van der Waals surface area (Å²) >= 11 is 3.42. The fourth-order valence-corrected chi connectivity index (χ4v) is 3.00. The predicted octanol–water partition coefficient (Wildman–Crippen LogP) is 3.46. The van der Waals surface area contributed by atoms with Crippen molar-refractivity contribution < 1.29 is 9.18 Å². The molecule has 2 aromatic rings. The minimum atomic E-state index is -0.402. The van der Waals surface area contributed by atoms with Crippen LogP contribution in [0.2, 0.25) is 0 Å². The van der Waals surface area contributed by atoms with Crippen molar-refractivity contribution in [3.63, 3.8) is 0 Å². The van der Waals surface area contributed by atoms with Crippen LogP contribution in [-0.2, 0) is 0 Å². The lowest BCUT2D eigenvalue weighted by molar-refractivity contribution is 0.112. The predicted molar refractivity (Wildman–Crippen MR) is 59.9 cm³/mol. The summed E-state index contributed by atoms with van der Waals surface area (Å²) in [6.45, 7) is 0. The van der Waals surface area contributed by atoms with Crippen molar-refractivity contribution in [2.24, 2.45) is 0 Å². The van der Waals surface area contributed by atoms with Gasteiger partial charge in [0.15, 0.2) is 12.1 Å². The maximum absolute atomic E-state index is 13.5. The molecule has 0 aliphatic heterocycles. The van der Waals surface area contributed by atoms with Crippen LogP contribution in [0.5, 0.6) is 0 Å². The summed E-state index contributed by atoms with van der Waals surface area (Å²) < 4.78 is 14.9. The lowest BCUT2D eigenvalue weighted by Crippen LogP contribution is -1.89.